The molecule has 3 aliphatic heterocycles. The van der Waals surface area contributed by atoms with Crippen LogP contribution in [0.25, 0.3) is 0 Å². The van der Waals surface area contributed by atoms with Crippen LogP contribution >= 0.6 is 0 Å². The van der Waals surface area contributed by atoms with Crippen LogP contribution in [0, 0.1) is 18.8 Å². The minimum Gasteiger partial charge on any atom is -0.496 e. The first kappa shape index (κ1) is 24.9. The molecule has 0 bridgehead atoms. The number of hydrogen-bond donors (Lipinski definition) is 2. The van der Waals surface area contributed by atoms with Crippen LogP contribution in [0.4, 0.5) is 0 Å². The Hall–Kier alpha value is -2.37. The summed E-state index contributed by atoms with van der Waals surface area (Å²) in [5.74, 6) is 2.67. The molecule has 4 aliphatic rings. The van der Waals surface area contributed by atoms with E-state index in [0.29, 0.717) is 23.8 Å². The van der Waals surface area contributed by atoms with Crippen LogP contribution in [0.3, 0.4) is 0 Å². The number of amides is 1. The number of methoxy groups -OCH3 is 1. The third-order valence-corrected chi connectivity index (χ3v) is 10.3. The maximum atomic E-state index is 14.7. The maximum absolute atomic E-state index is 14.7. The quantitative estimate of drug-likeness (QED) is 0.674. The van der Waals surface area contributed by atoms with Crippen LogP contribution in [0.5, 0.6) is 5.75 Å². The molecule has 2 aromatic rings. The van der Waals surface area contributed by atoms with Gasteiger partial charge in [0.25, 0.3) is 0 Å². The van der Waals surface area contributed by atoms with Crippen molar-refractivity contribution in [2.45, 2.75) is 75.8 Å². The van der Waals surface area contributed by atoms with E-state index in [1.165, 1.54) is 54.4 Å². The summed E-state index contributed by atoms with van der Waals surface area (Å²) in [5, 5.41) is 4.83. The second kappa shape index (κ2) is 10.4. The number of rotatable bonds is 4. The molecule has 4 N–H and O–H groups in total. The molecule has 3 heterocycles. The predicted octanol–water partition coefficient (Wildman–Crippen LogP) is 2.87. The van der Waals surface area contributed by atoms with Crippen molar-refractivity contribution in [2.24, 2.45) is 11.8 Å². The van der Waals surface area contributed by atoms with E-state index in [1.807, 2.05) is 0 Å². The number of quaternary nitrogens is 2. The molecule has 6 rings (SSSR count). The normalized spacial score (nSPS) is 30.3. The van der Waals surface area contributed by atoms with Crippen molar-refractivity contribution in [1.82, 2.24) is 4.90 Å². The molecule has 3 fully saturated rings. The molecule has 4 atom stereocenters. The molecule has 2 saturated heterocycles. The van der Waals surface area contributed by atoms with Gasteiger partial charge >= 0.3 is 0 Å². The fraction of sp³-hybridized carbons (Fsp3) is 0.594. The van der Waals surface area contributed by atoms with Crippen molar-refractivity contribution in [3.8, 4) is 5.75 Å². The molecule has 0 radical (unpaired) electrons. The topological polar surface area (TPSA) is 62.8 Å². The Morgan fingerprint density at radius 3 is 2.57 bits per heavy atom. The minimum absolute atomic E-state index is 0.0352. The highest BCUT2D eigenvalue weighted by atomic mass is 16.5. The van der Waals surface area contributed by atoms with Gasteiger partial charge in [0, 0.05) is 12.6 Å². The number of hydrogen-bond acceptors (Lipinski definition) is 2. The van der Waals surface area contributed by atoms with Gasteiger partial charge < -0.3 is 20.3 Å². The lowest BCUT2D eigenvalue weighted by atomic mass is 9.66. The van der Waals surface area contributed by atoms with Crippen LogP contribution < -0.4 is 15.4 Å². The van der Waals surface area contributed by atoms with Gasteiger partial charge in [-0.1, -0.05) is 55.7 Å². The number of nitrogens with zero attached hydrogens (tertiary/aromatic N) is 1. The molecule has 1 saturated carbocycles. The van der Waals surface area contributed by atoms with E-state index in [9.17, 15) is 4.79 Å². The Morgan fingerprint density at radius 2 is 1.78 bits per heavy atom. The van der Waals surface area contributed by atoms with Crippen molar-refractivity contribution in [2.75, 3.05) is 33.3 Å². The second-order valence-corrected chi connectivity index (χ2v) is 12.2. The van der Waals surface area contributed by atoms with Gasteiger partial charge in [-0.2, -0.15) is 0 Å². The van der Waals surface area contributed by atoms with E-state index in [0.717, 1.165) is 51.3 Å². The van der Waals surface area contributed by atoms with Crippen molar-refractivity contribution in [3.63, 3.8) is 0 Å². The van der Waals surface area contributed by atoms with Gasteiger partial charge in [-0.3, -0.25) is 4.79 Å². The first-order valence-corrected chi connectivity index (χ1v) is 14.8. The van der Waals surface area contributed by atoms with Crippen molar-refractivity contribution in [3.05, 3.63) is 64.7 Å². The monoisotopic (exact) mass is 503 g/mol. The Kier molecular flexibility index (Phi) is 7.02. The number of aryl methyl sites for hydroxylation is 1. The highest BCUT2D eigenvalue weighted by Gasteiger charge is 2.58. The molecule has 1 spiro atoms. The van der Waals surface area contributed by atoms with Crippen molar-refractivity contribution >= 4 is 5.91 Å². The van der Waals surface area contributed by atoms with Crippen LogP contribution in [-0.4, -0.2) is 50.1 Å². The molecular weight excluding hydrogens is 458 g/mol. The van der Waals surface area contributed by atoms with E-state index in [2.05, 4.69) is 64.9 Å². The predicted molar refractivity (Wildman–Crippen MR) is 146 cm³/mol. The molecule has 0 unspecified atom stereocenters. The lowest BCUT2D eigenvalue weighted by molar-refractivity contribution is -0.691. The van der Waals surface area contributed by atoms with Crippen LogP contribution in [0.15, 0.2) is 42.5 Å². The number of likely N-dealkylation sites (tertiary alicyclic amines) is 1. The molecule has 5 nitrogen and oxygen atoms in total. The first-order chi connectivity index (χ1) is 18.1. The summed E-state index contributed by atoms with van der Waals surface area (Å²) in [6.45, 7) is 6.97. The Labute approximate surface area is 222 Å². The smallest absolute Gasteiger partial charge is 0.233 e. The zero-order valence-electron chi connectivity index (χ0n) is 22.8. The highest BCUT2D eigenvalue weighted by molar-refractivity contribution is 5.82. The average molecular weight is 504 g/mol. The number of ether oxygens (including phenoxy) is 1. The molecule has 37 heavy (non-hydrogen) atoms. The Morgan fingerprint density at radius 1 is 1.00 bits per heavy atom. The third-order valence-electron chi connectivity index (χ3n) is 10.3. The van der Waals surface area contributed by atoms with E-state index in [1.54, 1.807) is 7.11 Å². The van der Waals surface area contributed by atoms with E-state index >= 15 is 0 Å². The molecular formula is C32H45N3O2+2. The van der Waals surface area contributed by atoms with E-state index < -0.39 is 0 Å². The fourth-order valence-corrected chi connectivity index (χ4v) is 8.59. The zero-order chi connectivity index (χ0) is 25.4. The summed E-state index contributed by atoms with van der Waals surface area (Å²) >= 11 is 0. The van der Waals surface area contributed by atoms with Gasteiger partial charge in [-0.05, 0) is 67.2 Å². The molecule has 5 heteroatoms. The van der Waals surface area contributed by atoms with Gasteiger partial charge in [-0.25, -0.2) is 0 Å². The fourth-order valence-electron chi connectivity index (χ4n) is 8.59. The van der Waals surface area contributed by atoms with E-state index in [-0.39, 0.29) is 11.3 Å². The highest BCUT2D eigenvalue weighted by Crippen LogP contribution is 2.44. The lowest BCUT2D eigenvalue weighted by Gasteiger charge is -2.47. The summed E-state index contributed by atoms with van der Waals surface area (Å²) in [5.41, 5.74) is 5.39. The Balaban J connectivity index is 1.33. The zero-order valence-corrected chi connectivity index (χ0v) is 22.8. The van der Waals surface area contributed by atoms with Crippen molar-refractivity contribution in [1.29, 1.82) is 0 Å². The number of carbonyl (C=O) groups is 1. The number of fused-ring (bicyclic) bond motifs is 2. The summed E-state index contributed by atoms with van der Waals surface area (Å²) in [6.07, 6.45) is 8.77. The number of nitrogens with two attached hydrogens (primary N) is 2. The van der Waals surface area contributed by atoms with Crippen molar-refractivity contribution < 1.29 is 20.2 Å². The van der Waals surface area contributed by atoms with Crippen LogP contribution in [-0.2, 0) is 16.8 Å². The largest absolute Gasteiger partial charge is 0.496 e. The molecule has 0 aromatic heterocycles. The average Bonchev–Trinajstić information content (AvgIpc) is 3.37. The molecule has 1 amide bonds. The summed E-state index contributed by atoms with van der Waals surface area (Å²) in [6, 6.07) is 15.8. The summed E-state index contributed by atoms with van der Waals surface area (Å²) in [4.78, 5) is 17.1. The van der Waals surface area contributed by atoms with Gasteiger partial charge in [0.05, 0.1) is 32.3 Å². The van der Waals surface area contributed by atoms with Gasteiger partial charge in [0.2, 0.25) is 5.91 Å². The Bertz CT molecular complexity index is 1110. The standard InChI is InChI=1S/C32H43N3O2/c1-22-13-14-29(37-2)26-18-33-20-32(30(22)26)21-34-19-27(32)31(36)35-16-15-25(23-9-5-3-6-10-23)17-28(35)24-11-7-4-8-12-24/h3,5-6,9-10,13-14,24-25,27-28,33-34H,4,7-8,11-12,15-21H2,1-2H3/p+2/t25-,27+,28+,32-/m1/s1. The molecule has 198 valence electrons. The third kappa shape index (κ3) is 4.38. The minimum atomic E-state index is -0.114. The molecule has 2 aromatic carbocycles. The SMILES string of the molecule is COc1ccc(C)c2c1C[NH2+]C[C@]21C[NH2+]C[C@H]1C(=O)N1CC[C@@H](c2ccccc2)C[C@H]1C1CCCCC1. The maximum Gasteiger partial charge on any atom is 0.233 e. The molecule has 1 aliphatic carbocycles. The van der Waals surface area contributed by atoms with Crippen LogP contribution in [0.1, 0.15) is 73.1 Å². The van der Waals surface area contributed by atoms with Crippen LogP contribution in [0.2, 0.25) is 0 Å². The van der Waals surface area contributed by atoms with Gasteiger partial charge in [0.15, 0.2) is 0 Å². The number of piperidine rings is 1. The lowest BCUT2D eigenvalue weighted by Crippen LogP contribution is -2.91. The first-order valence-electron chi connectivity index (χ1n) is 14.8. The van der Waals surface area contributed by atoms with Gasteiger partial charge in [-0.15, -0.1) is 0 Å². The number of benzene rings is 2. The number of carbonyl (C=O) groups excluding carboxylic acids is 1. The summed E-state index contributed by atoms with van der Waals surface area (Å²) < 4.78 is 5.81. The summed E-state index contributed by atoms with van der Waals surface area (Å²) in [7, 11) is 1.78. The van der Waals surface area contributed by atoms with Gasteiger partial charge in [0.1, 0.15) is 23.6 Å². The second-order valence-electron chi connectivity index (χ2n) is 12.2. The van der Waals surface area contributed by atoms with E-state index in [4.69, 9.17) is 4.74 Å².